The first-order valence-electron chi connectivity index (χ1n) is 7.89. The average molecular weight is 307 g/mol. The van der Waals surface area contributed by atoms with Crippen molar-refractivity contribution in [3.8, 4) is 0 Å². The molecule has 0 spiro atoms. The van der Waals surface area contributed by atoms with Gasteiger partial charge in [0.15, 0.2) is 0 Å². The minimum Gasteiger partial charge on any atom is -0.331 e. The largest absolute Gasteiger partial charge is 0.331 e. The van der Waals surface area contributed by atoms with Crippen LogP contribution in [0, 0.1) is 5.92 Å². The molecule has 0 aliphatic heterocycles. The highest BCUT2D eigenvalue weighted by atomic mass is 32.1. The lowest BCUT2D eigenvalue weighted by atomic mass is 9.93. The smallest absolute Gasteiger partial charge is 0.285 e. The summed E-state index contributed by atoms with van der Waals surface area (Å²) >= 11 is 4.51. The van der Waals surface area contributed by atoms with E-state index in [0.717, 1.165) is 12.8 Å². The van der Waals surface area contributed by atoms with Crippen molar-refractivity contribution in [2.75, 3.05) is 21.3 Å². The van der Waals surface area contributed by atoms with E-state index in [1.807, 2.05) is 0 Å². The third-order valence-corrected chi connectivity index (χ3v) is 4.10. The zero-order valence-corrected chi connectivity index (χ0v) is 14.9. The van der Waals surface area contributed by atoms with Crippen LogP contribution in [0.25, 0.3) is 0 Å². The molecule has 20 heavy (non-hydrogen) atoms. The van der Waals surface area contributed by atoms with Gasteiger partial charge in [0.1, 0.15) is 0 Å². The molecule has 2 unspecified atom stereocenters. The number of unbranched alkanes of at least 4 members (excludes halogenated alkanes) is 5. The molecular formula is C16H34O3S. The van der Waals surface area contributed by atoms with Gasteiger partial charge in [-0.2, -0.15) is 12.6 Å². The Kier molecular flexibility index (Phi) is 12.0. The molecule has 0 bridgehead atoms. The molecule has 0 amide bonds. The highest BCUT2D eigenvalue weighted by Crippen LogP contribution is 2.33. The second-order valence-corrected chi connectivity index (χ2v) is 6.44. The van der Waals surface area contributed by atoms with Gasteiger partial charge in [-0.1, -0.05) is 52.4 Å². The molecule has 3 nitrogen and oxygen atoms in total. The zero-order valence-electron chi connectivity index (χ0n) is 14.0. The molecule has 0 aromatic rings. The van der Waals surface area contributed by atoms with Crippen molar-refractivity contribution in [2.24, 2.45) is 5.92 Å². The summed E-state index contributed by atoms with van der Waals surface area (Å²) in [5.74, 6) is -0.721. The lowest BCUT2D eigenvalue weighted by Gasteiger charge is -2.37. The van der Waals surface area contributed by atoms with Gasteiger partial charge >= 0.3 is 0 Å². The maximum absolute atomic E-state index is 5.52. The predicted molar refractivity (Wildman–Crippen MR) is 88.3 cm³/mol. The zero-order chi connectivity index (χ0) is 15.4. The Morgan fingerprint density at radius 1 is 0.900 bits per heavy atom. The molecule has 0 fully saturated rings. The fourth-order valence-corrected chi connectivity index (χ4v) is 3.03. The summed E-state index contributed by atoms with van der Waals surface area (Å²) in [5.41, 5.74) is 0. The van der Waals surface area contributed by atoms with E-state index in [9.17, 15) is 0 Å². The van der Waals surface area contributed by atoms with Gasteiger partial charge in [-0.15, -0.1) is 0 Å². The van der Waals surface area contributed by atoms with Crippen molar-refractivity contribution in [1.82, 2.24) is 0 Å². The summed E-state index contributed by atoms with van der Waals surface area (Å²) < 4.78 is 16.5. The van der Waals surface area contributed by atoms with Crippen molar-refractivity contribution in [1.29, 1.82) is 0 Å². The van der Waals surface area contributed by atoms with Crippen molar-refractivity contribution in [2.45, 2.75) is 76.4 Å². The van der Waals surface area contributed by atoms with Gasteiger partial charge in [-0.3, -0.25) is 0 Å². The molecule has 0 aliphatic rings. The topological polar surface area (TPSA) is 27.7 Å². The van der Waals surface area contributed by atoms with Crippen LogP contribution >= 0.6 is 12.6 Å². The van der Waals surface area contributed by atoms with Crippen LogP contribution in [0.1, 0.15) is 65.2 Å². The Balaban J connectivity index is 4.33. The highest BCUT2D eigenvalue weighted by Gasteiger charge is 2.39. The summed E-state index contributed by atoms with van der Waals surface area (Å²) in [6.45, 7) is 4.34. The predicted octanol–water partition coefficient (Wildman–Crippen LogP) is 4.65. The molecule has 0 aliphatic carbocycles. The Hall–Kier alpha value is 0.230. The molecule has 0 aromatic heterocycles. The summed E-state index contributed by atoms with van der Waals surface area (Å²) in [6, 6.07) is 0. The second-order valence-electron chi connectivity index (χ2n) is 5.55. The lowest BCUT2D eigenvalue weighted by Crippen LogP contribution is -2.44. The van der Waals surface area contributed by atoms with Gasteiger partial charge in [-0.05, 0) is 18.1 Å². The van der Waals surface area contributed by atoms with Gasteiger partial charge in [0.2, 0.25) is 0 Å². The first-order valence-corrected chi connectivity index (χ1v) is 8.41. The molecule has 2 atom stereocenters. The van der Waals surface area contributed by atoms with Gasteiger partial charge in [0.05, 0.1) is 0 Å². The Morgan fingerprint density at radius 3 is 1.85 bits per heavy atom. The molecule has 0 heterocycles. The van der Waals surface area contributed by atoms with Gasteiger partial charge in [-0.25, -0.2) is 0 Å². The number of ether oxygens (including phenoxy) is 3. The van der Waals surface area contributed by atoms with Crippen molar-refractivity contribution in [3.63, 3.8) is 0 Å². The van der Waals surface area contributed by atoms with E-state index in [-0.39, 0.29) is 5.92 Å². The minimum atomic E-state index is -0.930. The monoisotopic (exact) mass is 306 g/mol. The summed E-state index contributed by atoms with van der Waals surface area (Å²) in [5, 5.41) is 0.305. The first-order chi connectivity index (χ1) is 9.56. The van der Waals surface area contributed by atoms with E-state index >= 15 is 0 Å². The van der Waals surface area contributed by atoms with E-state index < -0.39 is 5.97 Å². The molecule has 0 radical (unpaired) electrons. The summed E-state index contributed by atoms with van der Waals surface area (Å²) in [7, 11) is 4.93. The Morgan fingerprint density at radius 2 is 1.40 bits per heavy atom. The van der Waals surface area contributed by atoms with Gasteiger partial charge < -0.3 is 14.2 Å². The lowest BCUT2D eigenvalue weighted by molar-refractivity contribution is -0.380. The number of rotatable bonds is 13. The first kappa shape index (κ1) is 20.2. The van der Waals surface area contributed by atoms with E-state index in [2.05, 4.69) is 26.5 Å². The quantitative estimate of drug-likeness (QED) is 0.305. The van der Waals surface area contributed by atoms with E-state index in [0.29, 0.717) is 5.25 Å². The van der Waals surface area contributed by atoms with Crippen molar-refractivity contribution < 1.29 is 14.2 Å². The maximum Gasteiger partial charge on any atom is 0.285 e. The molecule has 0 rings (SSSR count). The number of methoxy groups -OCH3 is 3. The van der Waals surface area contributed by atoms with E-state index in [1.54, 1.807) is 21.3 Å². The van der Waals surface area contributed by atoms with Gasteiger partial charge in [0, 0.05) is 27.2 Å². The maximum atomic E-state index is 5.52. The third kappa shape index (κ3) is 7.30. The van der Waals surface area contributed by atoms with Crippen LogP contribution in [0.4, 0.5) is 0 Å². The summed E-state index contributed by atoms with van der Waals surface area (Å²) in [4.78, 5) is 0. The fourth-order valence-electron chi connectivity index (χ4n) is 2.77. The number of hydrogen-bond donors (Lipinski definition) is 1. The van der Waals surface area contributed by atoms with Crippen LogP contribution in [0.2, 0.25) is 0 Å². The van der Waals surface area contributed by atoms with E-state index in [4.69, 9.17) is 14.2 Å². The number of hydrogen-bond acceptors (Lipinski definition) is 4. The standard InChI is InChI=1S/C16H34O3S/c1-6-7-8-9-10-11-12-15(13-14(2)20)16(17-3,18-4)19-5/h14-15,20H,6-13H2,1-5H3. The molecule has 0 N–H and O–H groups in total. The van der Waals surface area contributed by atoms with Crippen LogP contribution < -0.4 is 0 Å². The summed E-state index contributed by atoms with van der Waals surface area (Å²) in [6.07, 6.45) is 9.72. The second kappa shape index (κ2) is 11.8. The van der Waals surface area contributed by atoms with Crippen LogP contribution in [-0.2, 0) is 14.2 Å². The molecular weight excluding hydrogens is 272 g/mol. The van der Waals surface area contributed by atoms with Crippen LogP contribution in [0.5, 0.6) is 0 Å². The highest BCUT2D eigenvalue weighted by molar-refractivity contribution is 7.80. The molecule has 122 valence electrons. The van der Waals surface area contributed by atoms with Crippen LogP contribution in [0.15, 0.2) is 0 Å². The Labute approximate surface area is 131 Å². The fraction of sp³-hybridized carbons (Fsp3) is 1.00. The third-order valence-electron chi connectivity index (χ3n) is 3.89. The molecule has 4 heteroatoms. The number of thiol groups is 1. The van der Waals surface area contributed by atoms with Gasteiger partial charge in [0.25, 0.3) is 5.97 Å². The SMILES string of the molecule is CCCCCCCCC(CC(C)S)C(OC)(OC)OC. The normalized spacial score (nSPS) is 15.3. The van der Waals surface area contributed by atoms with Crippen LogP contribution in [-0.4, -0.2) is 32.6 Å². The minimum absolute atomic E-state index is 0.209. The Bertz CT molecular complexity index is 210. The average Bonchev–Trinajstić information content (AvgIpc) is 2.44. The molecule has 0 saturated carbocycles. The van der Waals surface area contributed by atoms with Crippen LogP contribution in [0.3, 0.4) is 0 Å². The van der Waals surface area contributed by atoms with Crippen molar-refractivity contribution in [3.05, 3.63) is 0 Å². The van der Waals surface area contributed by atoms with Crippen molar-refractivity contribution >= 4 is 12.6 Å². The molecule has 0 saturated heterocycles. The molecule has 0 aromatic carbocycles. The van der Waals surface area contributed by atoms with E-state index in [1.165, 1.54) is 38.5 Å².